The van der Waals surface area contributed by atoms with Gasteiger partial charge in [0.1, 0.15) is 5.54 Å². The first-order chi connectivity index (χ1) is 5.11. The Balaban J connectivity index is 2.85. The highest BCUT2D eigenvalue weighted by molar-refractivity contribution is 5.79. The number of hydrogen-bond donors (Lipinski definition) is 1. The van der Waals surface area contributed by atoms with Crippen LogP contribution in [0.25, 0.3) is 10.4 Å². The van der Waals surface area contributed by atoms with E-state index in [1.165, 1.54) is 6.92 Å². The Morgan fingerprint density at radius 3 is 2.64 bits per heavy atom. The Hall–Kier alpha value is -1.22. The van der Waals surface area contributed by atoms with E-state index in [1.54, 1.807) is 0 Å². The maximum atomic E-state index is 10.6. The Kier molecular flexibility index (Phi) is 1.74. The summed E-state index contributed by atoms with van der Waals surface area (Å²) in [5.74, 6) is -0.992. The number of hydrogen-bond acceptors (Lipinski definition) is 2. The lowest BCUT2D eigenvalue weighted by Gasteiger charge is -2.16. The Bertz CT molecular complexity index is 226. The zero-order valence-electron chi connectivity index (χ0n) is 6.19. The molecule has 0 aromatic rings. The molecule has 0 aromatic carbocycles. The van der Waals surface area contributed by atoms with Crippen molar-refractivity contribution < 1.29 is 9.90 Å². The molecule has 0 bridgehead atoms. The molecule has 0 saturated heterocycles. The molecule has 1 saturated carbocycles. The van der Waals surface area contributed by atoms with Gasteiger partial charge in [-0.1, -0.05) is 5.11 Å². The molecular weight excluding hydrogens is 146 g/mol. The first kappa shape index (κ1) is 7.88. The van der Waals surface area contributed by atoms with Gasteiger partial charge in [-0.15, -0.1) is 0 Å². The van der Waals surface area contributed by atoms with E-state index in [0.29, 0.717) is 0 Å². The molecule has 0 aromatic heterocycles. The van der Waals surface area contributed by atoms with Gasteiger partial charge in [-0.2, -0.15) is 0 Å². The van der Waals surface area contributed by atoms with Gasteiger partial charge in [-0.05, 0) is 31.2 Å². The molecule has 0 spiro atoms. The van der Waals surface area contributed by atoms with E-state index >= 15 is 0 Å². The summed E-state index contributed by atoms with van der Waals surface area (Å²) in [5.41, 5.74) is 6.91. The molecule has 0 radical (unpaired) electrons. The van der Waals surface area contributed by atoms with Gasteiger partial charge in [0.25, 0.3) is 0 Å². The zero-order chi connectivity index (χ0) is 8.48. The van der Waals surface area contributed by atoms with Gasteiger partial charge >= 0.3 is 5.97 Å². The number of azide groups is 1. The van der Waals surface area contributed by atoms with Gasteiger partial charge < -0.3 is 5.11 Å². The molecule has 1 rings (SSSR count). The number of carboxylic acids is 1. The number of carbonyl (C=O) groups is 1. The summed E-state index contributed by atoms with van der Waals surface area (Å²) >= 11 is 0. The molecule has 0 amide bonds. The van der Waals surface area contributed by atoms with Crippen molar-refractivity contribution in [1.82, 2.24) is 0 Å². The Morgan fingerprint density at radius 1 is 1.82 bits per heavy atom. The van der Waals surface area contributed by atoms with Crippen LogP contribution in [0.3, 0.4) is 0 Å². The molecule has 1 aliphatic rings. The molecule has 1 fully saturated rings. The number of carboxylic acid groups (broad SMARTS) is 1. The largest absolute Gasteiger partial charge is 0.481 e. The van der Waals surface area contributed by atoms with E-state index in [2.05, 4.69) is 10.0 Å². The molecule has 0 aliphatic heterocycles. The Labute approximate surface area is 63.6 Å². The molecule has 1 aliphatic carbocycles. The van der Waals surface area contributed by atoms with Crippen LogP contribution in [0, 0.1) is 5.92 Å². The number of rotatable bonds is 3. The van der Waals surface area contributed by atoms with Crippen molar-refractivity contribution in [3.05, 3.63) is 10.4 Å². The van der Waals surface area contributed by atoms with Crippen molar-refractivity contribution in [3.8, 4) is 0 Å². The molecule has 11 heavy (non-hydrogen) atoms. The normalized spacial score (nSPS) is 21.5. The smallest absolute Gasteiger partial charge is 0.315 e. The molecule has 1 unspecified atom stereocenters. The predicted molar refractivity (Wildman–Crippen MR) is 37.9 cm³/mol. The average Bonchev–Trinajstić information content (AvgIpc) is 2.68. The van der Waals surface area contributed by atoms with Crippen molar-refractivity contribution >= 4 is 5.97 Å². The van der Waals surface area contributed by atoms with Crippen LogP contribution in [-0.2, 0) is 4.79 Å². The first-order valence-electron chi connectivity index (χ1n) is 3.41. The highest BCUT2D eigenvalue weighted by Crippen LogP contribution is 2.42. The van der Waals surface area contributed by atoms with Gasteiger partial charge in [0, 0.05) is 4.91 Å². The lowest BCUT2D eigenvalue weighted by atomic mass is 9.98. The van der Waals surface area contributed by atoms with Crippen LogP contribution in [-0.4, -0.2) is 16.6 Å². The van der Waals surface area contributed by atoms with E-state index in [9.17, 15) is 4.79 Å². The summed E-state index contributed by atoms with van der Waals surface area (Å²) in [6.45, 7) is 1.46. The van der Waals surface area contributed by atoms with Crippen molar-refractivity contribution in [3.63, 3.8) is 0 Å². The fraction of sp³-hybridized carbons (Fsp3) is 0.833. The second-order valence-corrected chi connectivity index (χ2v) is 2.92. The van der Waals surface area contributed by atoms with E-state index < -0.39 is 11.5 Å². The molecule has 5 heteroatoms. The fourth-order valence-electron chi connectivity index (χ4n) is 1.04. The zero-order valence-corrected chi connectivity index (χ0v) is 6.19. The van der Waals surface area contributed by atoms with Gasteiger partial charge in [0.15, 0.2) is 0 Å². The van der Waals surface area contributed by atoms with Crippen LogP contribution >= 0.6 is 0 Å². The molecular formula is C6H9N3O2. The highest BCUT2D eigenvalue weighted by atomic mass is 16.4. The molecule has 60 valence electrons. The summed E-state index contributed by atoms with van der Waals surface area (Å²) in [4.78, 5) is 13.2. The molecule has 0 heterocycles. The van der Waals surface area contributed by atoms with Crippen LogP contribution < -0.4 is 0 Å². The molecule has 1 N–H and O–H groups in total. The summed E-state index contributed by atoms with van der Waals surface area (Å²) in [7, 11) is 0. The number of nitrogens with zero attached hydrogens (tertiary/aromatic N) is 3. The number of aliphatic carboxylic acids is 1. The molecule has 5 nitrogen and oxygen atoms in total. The third-order valence-electron chi connectivity index (χ3n) is 2.06. The van der Waals surface area contributed by atoms with Crippen molar-refractivity contribution in [2.24, 2.45) is 11.0 Å². The van der Waals surface area contributed by atoms with Crippen LogP contribution in [0.4, 0.5) is 0 Å². The van der Waals surface area contributed by atoms with Crippen molar-refractivity contribution in [2.45, 2.75) is 25.3 Å². The average molecular weight is 155 g/mol. The van der Waals surface area contributed by atoms with E-state index in [1.807, 2.05) is 0 Å². The van der Waals surface area contributed by atoms with Crippen LogP contribution in [0.15, 0.2) is 5.11 Å². The minimum absolute atomic E-state index is 0.0379. The SMILES string of the molecule is CC(N=[N+]=[N-])(C(=O)O)C1CC1. The highest BCUT2D eigenvalue weighted by Gasteiger charge is 2.46. The monoisotopic (exact) mass is 155 g/mol. The maximum absolute atomic E-state index is 10.6. The summed E-state index contributed by atoms with van der Waals surface area (Å²) in [6, 6.07) is 0. The van der Waals surface area contributed by atoms with Crippen LogP contribution in [0.1, 0.15) is 19.8 Å². The van der Waals surface area contributed by atoms with Crippen LogP contribution in [0.5, 0.6) is 0 Å². The van der Waals surface area contributed by atoms with Gasteiger partial charge in [-0.3, -0.25) is 4.79 Å². The van der Waals surface area contributed by atoms with E-state index in [-0.39, 0.29) is 5.92 Å². The van der Waals surface area contributed by atoms with Crippen molar-refractivity contribution in [1.29, 1.82) is 0 Å². The third kappa shape index (κ3) is 1.28. The van der Waals surface area contributed by atoms with Crippen LogP contribution in [0.2, 0.25) is 0 Å². The van der Waals surface area contributed by atoms with Gasteiger partial charge in [0.05, 0.1) is 0 Å². The van der Waals surface area contributed by atoms with Crippen molar-refractivity contribution in [2.75, 3.05) is 0 Å². The second kappa shape index (κ2) is 2.43. The Morgan fingerprint density at radius 2 is 2.36 bits per heavy atom. The van der Waals surface area contributed by atoms with Gasteiger partial charge in [-0.25, -0.2) is 0 Å². The quantitative estimate of drug-likeness (QED) is 0.380. The van der Waals surface area contributed by atoms with E-state index in [0.717, 1.165) is 12.8 Å². The van der Waals surface area contributed by atoms with E-state index in [4.69, 9.17) is 10.6 Å². The summed E-state index contributed by atoms with van der Waals surface area (Å²) < 4.78 is 0. The topological polar surface area (TPSA) is 86.1 Å². The predicted octanol–water partition coefficient (Wildman–Crippen LogP) is 1.55. The standard InChI is InChI=1S/C6H9N3O2/c1-6(5(10)11,8-9-7)4-2-3-4/h4H,2-3H2,1H3,(H,10,11). The molecule has 1 atom stereocenters. The third-order valence-corrected chi connectivity index (χ3v) is 2.06. The second-order valence-electron chi connectivity index (χ2n) is 2.92. The lowest BCUT2D eigenvalue weighted by molar-refractivity contribution is -0.143. The van der Waals surface area contributed by atoms with Gasteiger partial charge in [0.2, 0.25) is 0 Å². The minimum Gasteiger partial charge on any atom is -0.481 e. The first-order valence-corrected chi connectivity index (χ1v) is 3.41. The maximum Gasteiger partial charge on any atom is 0.315 e. The summed E-state index contributed by atoms with van der Waals surface area (Å²) in [5, 5.41) is 12.0. The summed E-state index contributed by atoms with van der Waals surface area (Å²) in [6.07, 6.45) is 1.70. The lowest BCUT2D eigenvalue weighted by Crippen LogP contribution is -2.34. The minimum atomic E-state index is -1.21. The fourth-order valence-corrected chi connectivity index (χ4v) is 1.04.